The van der Waals surface area contributed by atoms with E-state index in [1.165, 1.54) is 5.56 Å². The molecule has 0 aliphatic rings. The summed E-state index contributed by atoms with van der Waals surface area (Å²) in [5.41, 5.74) is 2.55. The number of aromatic nitrogens is 1. The number of anilines is 1. The summed E-state index contributed by atoms with van der Waals surface area (Å²) in [5.74, 6) is 0.609. The maximum absolute atomic E-state index is 11.9. The Kier molecular flexibility index (Phi) is 4.21. The van der Waals surface area contributed by atoms with Gasteiger partial charge in [-0.05, 0) is 49.6 Å². The highest BCUT2D eigenvalue weighted by atomic mass is 32.1. The number of hydrogen-bond donors (Lipinski definition) is 2. The molecule has 19 heavy (non-hydrogen) atoms. The van der Waals surface area contributed by atoms with Crippen LogP contribution in [-0.2, 0) is 6.42 Å². The number of urea groups is 1. The molecule has 0 fully saturated rings. The van der Waals surface area contributed by atoms with Gasteiger partial charge in [0.05, 0.1) is 0 Å². The van der Waals surface area contributed by atoms with E-state index in [9.17, 15) is 4.79 Å². The third kappa shape index (κ3) is 3.57. The van der Waals surface area contributed by atoms with E-state index in [0.29, 0.717) is 17.1 Å². The van der Waals surface area contributed by atoms with Crippen LogP contribution in [0, 0.1) is 13.8 Å². The fourth-order valence-electron chi connectivity index (χ4n) is 1.85. The molecule has 0 aliphatic heterocycles. The molecule has 2 rings (SSSR count). The second-order valence-corrected chi connectivity index (χ2v) is 5.31. The van der Waals surface area contributed by atoms with E-state index >= 15 is 0 Å². The van der Waals surface area contributed by atoms with Crippen LogP contribution in [0.25, 0.3) is 0 Å². The zero-order valence-corrected chi connectivity index (χ0v) is 12.0. The molecule has 5 nitrogen and oxygen atoms in total. The van der Waals surface area contributed by atoms with Crippen LogP contribution in [0.1, 0.15) is 23.9 Å². The summed E-state index contributed by atoms with van der Waals surface area (Å²) in [6, 6.07) is 1.89. The fourth-order valence-corrected chi connectivity index (χ4v) is 2.53. The largest absolute Gasteiger partial charge is 0.359 e. The third-order valence-electron chi connectivity index (χ3n) is 2.77. The van der Waals surface area contributed by atoms with Crippen molar-refractivity contribution >= 4 is 23.1 Å². The molecule has 2 aromatic heterocycles. The van der Waals surface area contributed by atoms with Gasteiger partial charge in [-0.1, -0.05) is 5.16 Å². The van der Waals surface area contributed by atoms with Gasteiger partial charge in [0.25, 0.3) is 0 Å². The van der Waals surface area contributed by atoms with Crippen LogP contribution in [0.3, 0.4) is 0 Å². The highest BCUT2D eigenvalue weighted by Gasteiger charge is 2.14. The SMILES string of the molecule is Cc1noc(C)c1NC(=O)N[C@@H](C)Cc1ccsc1. The Hall–Kier alpha value is -1.82. The van der Waals surface area contributed by atoms with Crippen LogP contribution in [0.2, 0.25) is 0 Å². The Labute approximate surface area is 116 Å². The van der Waals surface area contributed by atoms with Crippen molar-refractivity contribution < 1.29 is 9.32 Å². The highest BCUT2D eigenvalue weighted by molar-refractivity contribution is 7.07. The van der Waals surface area contributed by atoms with Gasteiger partial charge in [0.1, 0.15) is 11.4 Å². The van der Waals surface area contributed by atoms with Crippen molar-refractivity contribution in [1.29, 1.82) is 0 Å². The zero-order chi connectivity index (χ0) is 13.8. The minimum Gasteiger partial charge on any atom is -0.359 e. The maximum Gasteiger partial charge on any atom is 0.319 e. The van der Waals surface area contributed by atoms with Crippen LogP contribution < -0.4 is 10.6 Å². The predicted octanol–water partition coefficient (Wildman–Crippen LogP) is 3.11. The van der Waals surface area contributed by atoms with Gasteiger partial charge in [-0.3, -0.25) is 0 Å². The van der Waals surface area contributed by atoms with E-state index < -0.39 is 0 Å². The first-order valence-corrected chi connectivity index (χ1v) is 7.02. The van der Waals surface area contributed by atoms with Crippen molar-refractivity contribution in [2.45, 2.75) is 33.2 Å². The first-order chi connectivity index (χ1) is 9.06. The summed E-state index contributed by atoms with van der Waals surface area (Å²) in [6.45, 7) is 5.54. The van der Waals surface area contributed by atoms with E-state index in [1.54, 1.807) is 25.2 Å². The summed E-state index contributed by atoms with van der Waals surface area (Å²) in [5, 5.41) is 13.6. The molecule has 2 aromatic rings. The van der Waals surface area contributed by atoms with Gasteiger partial charge in [-0.25, -0.2) is 4.79 Å². The summed E-state index contributed by atoms with van der Waals surface area (Å²) >= 11 is 1.66. The van der Waals surface area contributed by atoms with E-state index in [0.717, 1.165) is 6.42 Å². The summed E-state index contributed by atoms with van der Waals surface area (Å²) < 4.78 is 5.00. The molecule has 2 heterocycles. The number of aryl methyl sites for hydroxylation is 2. The molecule has 0 saturated carbocycles. The first kappa shape index (κ1) is 13.6. The number of nitrogens with one attached hydrogen (secondary N) is 2. The number of amides is 2. The Morgan fingerprint density at radius 3 is 2.89 bits per heavy atom. The normalized spacial score (nSPS) is 12.2. The Bertz CT molecular complexity index is 529. The maximum atomic E-state index is 11.9. The quantitative estimate of drug-likeness (QED) is 0.903. The topological polar surface area (TPSA) is 67.2 Å². The lowest BCUT2D eigenvalue weighted by atomic mass is 10.1. The van der Waals surface area contributed by atoms with Crippen LogP contribution >= 0.6 is 11.3 Å². The average Bonchev–Trinajstić information content (AvgIpc) is 2.94. The molecular weight excluding hydrogens is 262 g/mol. The number of nitrogens with zero attached hydrogens (tertiary/aromatic N) is 1. The Morgan fingerprint density at radius 2 is 2.32 bits per heavy atom. The van der Waals surface area contributed by atoms with Gasteiger partial charge in [0.2, 0.25) is 0 Å². The van der Waals surface area contributed by atoms with E-state index in [4.69, 9.17) is 4.52 Å². The monoisotopic (exact) mass is 279 g/mol. The molecule has 0 bridgehead atoms. The van der Waals surface area contributed by atoms with E-state index in [-0.39, 0.29) is 12.1 Å². The number of carbonyl (C=O) groups is 1. The van der Waals surface area contributed by atoms with Crippen LogP contribution in [0.5, 0.6) is 0 Å². The van der Waals surface area contributed by atoms with Gasteiger partial charge in [0, 0.05) is 6.04 Å². The van der Waals surface area contributed by atoms with Gasteiger partial charge in [0.15, 0.2) is 5.76 Å². The lowest BCUT2D eigenvalue weighted by molar-refractivity contribution is 0.249. The first-order valence-electron chi connectivity index (χ1n) is 6.07. The third-order valence-corrected chi connectivity index (χ3v) is 3.50. The van der Waals surface area contributed by atoms with Crippen molar-refractivity contribution in [3.8, 4) is 0 Å². The lowest BCUT2D eigenvalue weighted by Gasteiger charge is -2.13. The van der Waals surface area contributed by atoms with E-state index in [2.05, 4.69) is 27.2 Å². The van der Waals surface area contributed by atoms with Crippen molar-refractivity contribution in [3.63, 3.8) is 0 Å². The molecule has 0 aliphatic carbocycles. The Morgan fingerprint density at radius 1 is 1.53 bits per heavy atom. The van der Waals surface area contributed by atoms with Crippen molar-refractivity contribution in [2.24, 2.45) is 0 Å². The molecular formula is C13H17N3O2S. The smallest absolute Gasteiger partial charge is 0.319 e. The molecule has 2 amide bonds. The highest BCUT2D eigenvalue weighted by Crippen LogP contribution is 2.18. The standard InChI is InChI=1S/C13H17N3O2S/c1-8(6-11-4-5-19-7-11)14-13(17)15-12-9(2)16-18-10(12)3/h4-5,7-8H,6H2,1-3H3,(H2,14,15,17)/t8-/m0/s1. The second kappa shape index (κ2) is 5.88. The van der Waals surface area contributed by atoms with E-state index in [1.807, 2.05) is 12.3 Å². The van der Waals surface area contributed by atoms with Crippen molar-refractivity contribution in [2.75, 3.05) is 5.32 Å². The molecule has 0 radical (unpaired) electrons. The minimum atomic E-state index is -0.239. The minimum absolute atomic E-state index is 0.0649. The molecule has 0 spiro atoms. The van der Waals surface area contributed by atoms with Crippen LogP contribution in [0.4, 0.5) is 10.5 Å². The predicted molar refractivity (Wildman–Crippen MR) is 75.6 cm³/mol. The second-order valence-electron chi connectivity index (χ2n) is 4.53. The van der Waals surface area contributed by atoms with Gasteiger partial charge < -0.3 is 15.2 Å². The Balaban J connectivity index is 1.87. The lowest BCUT2D eigenvalue weighted by Crippen LogP contribution is -2.37. The molecule has 6 heteroatoms. The summed E-state index contributed by atoms with van der Waals surface area (Å²) in [7, 11) is 0. The fraction of sp³-hybridized carbons (Fsp3) is 0.385. The molecule has 0 saturated heterocycles. The van der Waals surface area contributed by atoms with Gasteiger partial charge in [-0.2, -0.15) is 11.3 Å². The molecule has 0 unspecified atom stereocenters. The zero-order valence-electron chi connectivity index (χ0n) is 11.2. The van der Waals surface area contributed by atoms with Crippen LogP contribution in [0.15, 0.2) is 21.3 Å². The van der Waals surface area contributed by atoms with Gasteiger partial charge >= 0.3 is 6.03 Å². The number of thiophene rings is 1. The number of carbonyl (C=O) groups excluding carboxylic acids is 1. The summed E-state index contributed by atoms with van der Waals surface area (Å²) in [6.07, 6.45) is 0.818. The summed E-state index contributed by atoms with van der Waals surface area (Å²) in [4.78, 5) is 11.9. The molecule has 0 aromatic carbocycles. The van der Waals surface area contributed by atoms with Gasteiger partial charge in [-0.15, -0.1) is 0 Å². The molecule has 102 valence electrons. The number of hydrogen-bond acceptors (Lipinski definition) is 4. The van der Waals surface area contributed by atoms with Crippen molar-refractivity contribution in [1.82, 2.24) is 10.5 Å². The molecule has 1 atom stereocenters. The van der Waals surface area contributed by atoms with Crippen LogP contribution in [-0.4, -0.2) is 17.2 Å². The average molecular weight is 279 g/mol. The number of rotatable bonds is 4. The molecule has 2 N–H and O–H groups in total. The van der Waals surface area contributed by atoms with Crippen molar-refractivity contribution in [3.05, 3.63) is 33.8 Å².